The van der Waals surface area contributed by atoms with Gasteiger partial charge in [0.1, 0.15) is 0 Å². The number of hydrogen-bond donors (Lipinski definition) is 0. The smallest absolute Gasteiger partial charge is 0.211 e. The molecule has 3 nitrogen and oxygen atoms in total. The van der Waals surface area contributed by atoms with Gasteiger partial charge in [0.05, 0.1) is 23.1 Å². The molecule has 2 aliphatic rings. The number of halogens is 1. The minimum absolute atomic E-state index is 0.171. The summed E-state index contributed by atoms with van der Waals surface area (Å²) in [7, 11) is 0. The van der Waals surface area contributed by atoms with Gasteiger partial charge in [0.2, 0.25) is 5.96 Å². The first-order chi connectivity index (χ1) is 12.3. The third kappa shape index (κ3) is 3.02. The second kappa shape index (κ2) is 6.89. The van der Waals surface area contributed by atoms with E-state index >= 15 is 0 Å². The van der Waals surface area contributed by atoms with Crippen LogP contribution in [0.1, 0.15) is 13.3 Å². The minimum atomic E-state index is 0.171. The van der Waals surface area contributed by atoms with E-state index < -0.39 is 0 Å². The predicted molar refractivity (Wildman–Crippen MR) is 110 cm³/mol. The van der Waals surface area contributed by atoms with Crippen LogP contribution in [0.25, 0.3) is 0 Å². The molecule has 0 bridgehead atoms. The Hall–Kier alpha value is -2.33. The van der Waals surface area contributed by atoms with Crippen LogP contribution in [0.3, 0.4) is 0 Å². The Labute approximate surface area is 157 Å². The molecule has 4 heteroatoms. The second-order valence-electron chi connectivity index (χ2n) is 6.13. The first-order valence-corrected chi connectivity index (χ1v) is 9.40. The molecular weight excluding hydrogens is 374 g/mol. The monoisotopic (exact) mass is 393 g/mol. The molecule has 0 fully saturated rings. The fourth-order valence-corrected chi connectivity index (χ4v) is 3.64. The van der Waals surface area contributed by atoms with E-state index in [1.807, 2.05) is 0 Å². The van der Waals surface area contributed by atoms with E-state index in [9.17, 15) is 0 Å². The zero-order valence-corrected chi connectivity index (χ0v) is 15.7. The summed E-state index contributed by atoms with van der Waals surface area (Å²) in [6.45, 7) is 2.98. The number of para-hydroxylation sites is 2. The molecule has 2 aromatic carbocycles. The molecule has 4 rings (SSSR count). The summed E-state index contributed by atoms with van der Waals surface area (Å²) >= 11 is 3.60. The maximum Gasteiger partial charge on any atom is 0.211 e. The summed E-state index contributed by atoms with van der Waals surface area (Å²) in [4.78, 5) is 9.66. The van der Waals surface area contributed by atoms with Crippen molar-refractivity contribution < 1.29 is 0 Å². The van der Waals surface area contributed by atoms with Crippen molar-refractivity contribution in [2.24, 2.45) is 4.99 Å². The van der Waals surface area contributed by atoms with Crippen LogP contribution in [-0.4, -0.2) is 18.5 Å². The third-order valence-corrected chi connectivity index (χ3v) is 4.98. The van der Waals surface area contributed by atoms with Crippen LogP contribution in [0.5, 0.6) is 0 Å². The molecule has 0 saturated carbocycles. The number of nitrogens with zero attached hydrogens (tertiary/aromatic N) is 3. The molecule has 2 aliphatic heterocycles. The fraction of sp³-hybridized carbons (Fsp3) is 0.190. The molecule has 1 atom stereocenters. The number of guanidine groups is 1. The lowest BCUT2D eigenvalue weighted by molar-refractivity contribution is 0.779. The topological polar surface area (TPSA) is 18.8 Å². The van der Waals surface area contributed by atoms with Crippen LogP contribution in [0, 0.1) is 0 Å². The highest BCUT2D eigenvalue weighted by Gasteiger charge is 2.33. The number of benzene rings is 2. The zero-order chi connectivity index (χ0) is 17.2. The number of fused-ring (bicyclic) bond motifs is 3. The summed E-state index contributed by atoms with van der Waals surface area (Å²) in [6.07, 6.45) is 9.56. The van der Waals surface area contributed by atoms with Crippen molar-refractivity contribution in [3.8, 4) is 0 Å². The van der Waals surface area contributed by atoms with Gasteiger partial charge in [-0.3, -0.25) is 4.90 Å². The Morgan fingerprint density at radius 3 is 2.72 bits per heavy atom. The summed E-state index contributed by atoms with van der Waals surface area (Å²) in [5, 5.41) is 0. The molecule has 0 spiro atoms. The van der Waals surface area contributed by atoms with Crippen LogP contribution in [0.4, 0.5) is 17.1 Å². The lowest BCUT2D eigenvalue weighted by Crippen LogP contribution is -2.37. The highest BCUT2D eigenvalue weighted by atomic mass is 79.9. The lowest BCUT2D eigenvalue weighted by Gasteiger charge is -2.24. The van der Waals surface area contributed by atoms with Crippen molar-refractivity contribution in [3.63, 3.8) is 0 Å². The largest absolute Gasteiger partial charge is 0.306 e. The number of anilines is 3. The molecule has 0 amide bonds. The summed E-state index contributed by atoms with van der Waals surface area (Å²) < 4.78 is 1.07. The van der Waals surface area contributed by atoms with E-state index in [0.717, 1.165) is 29.1 Å². The molecule has 0 aliphatic carbocycles. The Bertz CT molecular complexity index is 869. The quantitative estimate of drug-likeness (QED) is 0.654. The van der Waals surface area contributed by atoms with E-state index in [1.54, 1.807) is 0 Å². The number of allylic oxidation sites excluding steroid dienone is 2. The van der Waals surface area contributed by atoms with Crippen LogP contribution in [0.2, 0.25) is 0 Å². The van der Waals surface area contributed by atoms with Gasteiger partial charge < -0.3 is 4.90 Å². The first kappa shape index (κ1) is 16.2. The van der Waals surface area contributed by atoms with Crippen molar-refractivity contribution in [1.29, 1.82) is 0 Å². The van der Waals surface area contributed by atoms with Crippen LogP contribution in [-0.2, 0) is 0 Å². The molecule has 25 heavy (non-hydrogen) atoms. The molecule has 0 N–H and O–H groups in total. The predicted octanol–water partition coefficient (Wildman–Crippen LogP) is 5.67. The average Bonchev–Trinajstić information content (AvgIpc) is 2.97. The van der Waals surface area contributed by atoms with E-state index in [2.05, 4.69) is 105 Å². The van der Waals surface area contributed by atoms with Gasteiger partial charge >= 0.3 is 0 Å². The van der Waals surface area contributed by atoms with Crippen molar-refractivity contribution >= 4 is 39.0 Å². The Morgan fingerprint density at radius 1 is 1.08 bits per heavy atom. The van der Waals surface area contributed by atoms with E-state index in [-0.39, 0.29) is 6.04 Å². The highest BCUT2D eigenvalue weighted by Crippen LogP contribution is 2.42. The van der Waals surface area contributed by atoms with E-state index in [0.29, 0.717) is 0 Å². The maximum atomic E-state index is 5.10. The molecule has 0 aromatic heterocycles. The van der Waals surface area contributed by atoms with Crippen LogP contribution >= 0.6 is 15.9 Å². The Balaban J connectivity index is 1.91. The summed E-state index contributed by atoms with van der Waals surface area (Å²) in [6, 6.07) is 17.1. The maximum absolute atomic E-state index is 5.10. The number of hydrogen-bond acceptors (Lipinski definition) is 3. The van der Waals surface area contributed by atoms with Gasteiger partial charge in [-0.2, -0.15) is 0 Å². The van der Waals surface area contributed by atoms with E-state index in [1.165, 1.54) is 11.4 Å². The standard InChI is InChI=1S/C21H20BrN3/c1-2-17-10-4-3-7-14-24-19-12-5-6-13-20(19)25(21(24)23-17)18-11-8-9-16(22)15-18/h3-13,15,17H,2,14H2,1H3/b7-3-,10-4-,23-21+. The summed E-state index contributed by atoms with van der Waals surface area (Å²) in [5.41, 5.74) is 3.49. The highest BCUT2D eigenvalue weighted by molar-refractivity contribution is 9.10. The fourth-order valence-electron chi connectivity index (χ4n) is 3.25. The van der Waals surface area contributed by atoms with Gasteiger partial charge in [0.25, 0.3) is 0 Å². The van der Waals surface area contributed by atoms with Crippen molar-refractivity contribution in [3.05, 3.63) is 77.3 Å². The normalized spacial score (nSPS) is 23.6. The number of rotatable bonds is 2. The number of aliphatic imine (C=N–C) groups is 1. The van der Waals surface area contributed by atoms with Gasteiger partial charge in [-0.1, -0.05) is 65.4 Å². The molecule has 126 valence electrons. The SMILES string of the molecule is CCC1/C=C\C=C/CN2/C(=N\1)N(c1cccc(Br)c1)c1ccccc12. The molecule has 0 radical (unpaired) electrons. The van der Waals surface area contributed by atoms with Crippen molar-refractivity contribution in [2.45, 2.75) is 19.4 Å². The van der Waals surface area contributed by atoms with Crippen LogP contribution < -0.4 is 9.80 Å². The third-order valence-electron chi connectivity index (χ3n) is 4.49. The molecular formula is C21H20BrN3. The van der Waals surface area contributed by atoms with E-state index in [4.69, 9.17) is 4.99 Å². The average molecular weight is 394 g/mol. The first-order valence-electron chi connectivity index (χ1n) is 8.61. The minimum Gasteiger partial charge on any atom is -0.306 e. The Kier molecular flexibility index (Phi) is 4.45. The molecule has 2 heterocycles. The zero-order valence-electron chi connectivity index (χ0n) is 14.1. The molecule has 1 unspecified atom stereocenters. The molecule has 2 aromatic rings. The van der Waals surface area contributed by atoms with Gasteiger partial charge in [0, 0.05) is 11.0 Å². The van der Waals surface area contributed by atoms with Crippen LogP contribution in [0.15, 0.2) is 82.3 Å². The van der Waals surface area contributed by atoms with Gasteiger partial charge in [-0.05, 0) is 36.8 Å². The van der Waals surface area contributed by atoms with Gasteiger partial charge in [-0.15, -0.1) is 0 Å². The lowest BCUT2D eigenvalue weighted by atomic mass is 10.2. The van der Waals surface area contributed by atoms with Crippen molar-refractivity contribution in [1.82, 2.24) is 0 Å². The van der Waals surface area contributed by atoms with Gasteiger partial charge in [0.15, 0.2) is 0 Å². The second-order valence-corrected chi connectivity index (χ2v) is 7.05. The Morgan fingerprint density at radius 2 is 1.92 bits per heavy atom. The van der Waals surface area contributed by atoms with Crippen molar-refractivity contribution in [2.75, 3.05) is 16.3 Å². The molecule has 0 saturated heterocycles. The van der Waals surface area contributed by atoms with Gasteiger partial charge in [-0.25, -0.2) is 4.99 Å². The summed E-state index contributed by atoms with van der Waals surface area (Å²) in [5.74, 6) is 0.988.